The number of alkyl halides is 3. The zero-order valence-electron chi connectivity index (χ0n) is 10.2. The smallest absolute Gasteiger partial charge is 0.394 e. The molecular formula is C13H12F3NO2. The normalized spacial score (nSPS) is 18.1. The largest absolute Gasteiger partial charge is 0.453 e. The number of halogens is 3. The van der Waals surface area contributed by atoms with Gasteiger partial charge < -0.3 is 10.1 Å². The van der Waals surface area contributed by atoms with Gasteiger partial charge in [0.1, 0.15) is 6.10 Å². The molecule has 0 amide bonds. The number of carbonyl (C=O) groups excluding carboxylic acids is 1. The van der Waals surface area contributed by atoms with Crippen molar-refractivity contribution in [3.8, 4) is 0 Å². The summed E-state index contributed by atoms with van der Waals surface area (Å²) >= 11 is 0. The third-order valence-electron chi connectivity index (χ3n) is 2.87. The third kappa shape index (κ3) is 3.13. The van der Waals surface area contributed by atoms with E-state index in [2.05, 4.69) is 0 Å². The molecule has 0 aliphatic carbocycles. The third-order valence-corrected chi connectivity index (χ3v) is 2.87. The van der Waals surface area contributed by atoms with Crippen molar-refractivity contribution in [3.63, 3.8) is 0 Å². The Kier molecular flexibility index (Phi) is 3.34. The molecule has 2 rings (SSSR count). The lowest BCUT2D eigenvalue weighted by molar-refractivity contribution is -0.121. The lowest BCUT2D eigenvalue weighted by atomic mass is 9.98. The van der Waals surface area contributed by atoms with Gasteiger partial charge in [0, 0.05) is 17.7 Å². The molecule has 1 unspecified atom stereocenters. The van der Waals surface area contributed by atoms with Crippen molar-refractivity contribution in [2.45, 2.75) is 32.0 Å². The van der Waals surface area contributed by atoms with Gasteiger partial charge in [0.05, 0.1) is 12.0 Å². The van der Waals surface area contributed by atoms with Crippen LogP contribution < -0.4 is 0 Å². The molecule has 1 aliphatic rings. The lowest BCUT2D eigenvalue weighted by Crippen LogP contribution is -2.16. The minimum absolute atomic E-state index is 0.221. The quantitative estimate of drug-likeness (QED) is 0.675. The first-order chi connectivity index (χ1) is 8.76. The van der Waals surface area contributed by atoms with Crippen molar-refractivity contribution in [1.82, 2.24) is 0 Å². The number of benzene rings is 1. The Balaban J connectivity index is 2.15. The minimum Gasteiger partial charge on any atom is -0.453 e. The molecule has 0 fully saturated rings. The number of cyclic esters (lactones) is 1. The summed E-state index contributed by atoms with van der Waals surface area (Å²) in [6.07, 6.45) is -6.68. The number of ether oxygens (including phenoxy) is 1. The van der Waals surface area contributed by atoms with Crippen LogP contribution in [0.1, 0.15) is 40.4 Å². The van der Waals surface area contributed by atoms with E-state index in [-0.39, 0.29) is 6.42 Å². The second-order valence-electron chi connectivity index (χ2n) is 4.58. The van der Waals surface area contributed by atoms with E-state index >= 15 is 0 Å². The number of fused-ring (bicyclic) bond motifs is 1. The van der Waals surface area contributed by atoms with Crippen molar-refractivity contribution in [2.24, 2.45) is 0 Å². The zero-order valence-corrected chi connectivity index (χ0v) is 10.2. The van der Waals surface area contributed by atoms with E-state index < -0.39 is 30.4 Å². The van der Waals surface area contributed by atoms with Crippen LogP contribution in [0.4, 0.5) is 13.2 Å². The van der Waals surface area contributed by atoms with Crippen LogP contribution in [0.2, 0.25) is 0 Å². The summed E-state index contributed by atoms with van der Waals surface area (Å²) in [7, 11) is 0. The Morgan fingerprint density at radius 1 is 1.42 bits per heavy atom. The maximum absolute atomic E-state index is 12.2. The Labute approximate surface area is 107 Å². The molecule has 19 heavy (non-hydrogen) atoms. The van der Waals surface area contributed by atoms with E-state index in [0.29, 0.717) is 11.1 Å². The van der Waals surface area contributed by atoms with E-state index in [1.807, 2.05) is 6.92 Å². The molecule has 0 saturated carbocycles. The highest BCUT2D eigenvalue weighted by Gasteiger charge is 2.35. The summed E-state index contributed by atoms with van der Waals surface area (Å²) in [5.41, 5.74) is 1.34. The number of nitrogens with one attached hydrogen (secondary N) is 1. The van der Waals surface area contributed by atoms with Gasteiger partial charge >= 0.3 is 12.1 Å². The van der Waals surface area contributed by atoms with Crippen molar-refractivity contribution in [3.05, 3.63) is 34.9 Å². The molecule has 1 aromatic carbocycles. The van der Waals surface area contributed by atoms with Gasteiger partial charge in [0.25, 0.3) is 0 Å². The summed E-state index contributed by atoms with van der Waals surface area (Å²) in [5, 5.41) is 7.36. The van der Waals surface area contributed by atoms with Gasteiger partial charge in [-0.25, -0.2) is 4.79 Å². The number of esters is 1. The summed E-state index contributed by atoms with van der Waals surface area (Å²) in [6.45, 7) is 1.82. The maximum Gasteiger partial charge on any atom is 0.394 e. The number of hydrogen-bond acceptors (Lipinski definition) is 3. The second kappa shape index (κ2) is 4.68. The molecule has 0 aromatic heterocycles. The fourth-order valence-electron chi connectivity index (χ4n) is 2.08. The van der Waals surface area contributed by atoms with E-state index in [0.717, 1.165) is 5.56 Å². The monoisotopic (exact) mass is 271 g/mol. The first kappa shape index (κ1) is 13.6. The van der Waals surface area contributed by atoms with Crippen LogP contribution in [-0.4, -0.2) is 17.9 Å². The van der Waals surface area contributed by atoms with Gasteiger partial charge in [-0.3, -0.25) is 0 Å². The molecule has 6 heteroatoms. The first-order valence-electron chi connectivity index (χ1n) is 5.71. The van der Waals surface area contributed by atoms with E-state index in [9.17, 15) is 18.0 Å². The molecule has 0 spiro atoms. The Morgan fingerprint density at radius 2 is 2.11 bits per heavy atom. The van der Waals surface area contributed by atoms with Gasteiger partial charge in [0.2, 0.25) is 0 Å². The Morgan fingerprint density at radius 3 is 2.74 bits per heavy atom. The highest BCUT2D eigenvalue weighted by Crippen LogP contribution is 2.35. The number of aryl methyl sites for hydroxylation is 1. The predicted octanol–water partition coefficient (Wildman–Crippen LogP) is 3.57. The van der Waals surface area contributed by atoms with Crippen molar-refractivity contribution in [1.29, 1.82) is 5.41 Å². The SMILES string of the molecule is Cc1ccc2c(c1)C(CC(=N)CC(F)(F)F)OC2=O. The van der Waals surface area contributed by atoms with E-state index in [1.54, 1.807) is 18.2 Å². The summed E-state index contributed by atoms with van der Waals surface area (Å²) in [6, 6.07) is 5.05. The van der Waals surface area contributed by atoms with Crippen LogP contribution in [0.25, 0.3) is 0 Å². The topological polar surface area (TPSA) is 50.1 Å². The molecule has 0 radical (unpaired) electrons. The van der Waals surface area contributed by atoms with Crippen LogP contribution >= 0.6 is 0 Å². The Bertz CT molecular complexity index is 537. The fraction of sp³-hybridized carbons (Fsp3) is 0.385. The van der Waals surface area contributed by atoms with Gasteiger partial charge in [-0.1, -0.05) is 17.7 Å². The van der Waals surface area contributed by atoms with Crippen molar-refractivity contribution >= 4 is 11.7 Å². The number of carbonyl (C=O) groups is 1. The van der Waals surface area contributed by atoms with Gasteiger partial charge in [-0.2, -0.15) is 13.2 Å². The molecule has 0 bridgehead atoms. The van der Waals surface area contributed by atoms with Crippen molar-refractivity contribution in [2.75, 3.05) is 0 Å². The number of hydrogen-bond donors (Lipinski definition) is 1. The number of rotatable bonds is 3. The molecule has 1 N–H and O–H groups in total. The van der Waals surface area contributed by atoms with Gasteiger partial charge in [-0.05, 0) is 13.0 Å². The predicted molar refractivity (Wildman–Crippen MR) is 62.4 cm³/mol. The lowest BCUT2D eigenvalue weighted by Gasteiger charge is -2.13. The molecule has 102 valence electrons. The van der Waals surface area contributed by atoms with Gasteiger partial charge in [-0.15, -0.1) is 0 Å². The summed E-state index contributed by atoms with van der Waals surface area (Å²) in [5.74, 6) is -0.542. The second-order valence-corrected chi connectivity index (χ2v) is 4.58. The average molecular weight is 271 g/mol. The van der Waals surface area contributed by atoms with E-state index in [4.69, 9.17) is 10.1 Å². The Hall–Kier alpha value is -1.85. The zero-order chi connectivity index (χ0) is 14.2. The molecule has 1 aliphatic heterocycles. The summed E-state index contributed by atoms with van der Waals surface area (Å²) < 4.78 is 41.5. The highest BCUT2D eigenvalue weighted by atomic mass is 19.4. The van der Waals surface area contributed by atoms with E-state index in [1.165, 1.54) is 0 Å². The van der Waals surface area contributed by atoms with Crippen LogP contribution in [0.5, 0.6) is 0 Å². The van der Waals surface area contributed by atoms with Crippen LogP contribution in [0, 0.1) is 12.3 Å². The van der Waals surface area contributed by atoms with Crippen LogP contribution in [0.15, 0.2) is 18.2 Å². The van der Waals surface area contributed by atoms with Crippen LogP contribution in [0.3, 0.4) is 0 Å². The average Bonchev–Trinajstić information content (AvgIpc) is 2.52. The van der Waals surface area contributed by atoms with Crippen LogP contribution in [-0.2, 0) is 4.74 Å². The molecular weight excluding hydrogens is 259 g/mol. The first-order valence-corrected chi connectivity index (χ1v) is 5.71. The molecule has 1 atom stereocenters. The van der Waals surface area contributed by atoms with Gasteiger partial charge in [0.15, 0.2) is 0 Å². The molecule has 0 saturated heterocycles. The maximum atomic E-state index is 12.2. The molecule has 3 nitrogen and oxygen atoms in total. The van der Waals surface area contributed by atoms with Crippen molar-refractivity contribution < 1.29 is 22.7 Å². The molecule has 1 heterocycles. The fourth-order valence-corrected chi connectivity index (χ4v) is 2.08. The summed E-state index contributed by atoms with van der Waals surface area (Å²) in [4.78, 5) is 11.5. The highest BCUT2D eigenvalue weighted by molar-refractivity contribution is 5.95. The standard InChI is InChI=1S/C13H12F3NO2/c1-7-2-3-9-10(4-7)11(19-12(9)18)5-8(17)6-13(14,15)16/h2-4,11,17H,5-6H2,1H3. The minimum atomic E-state index is -4.41. The molecule has 1 aromatic rings.